The minimum absolute atomic E-state index is 0.340. The van der Waals surface area contributed by atoms with Crippen molar-refractivity contribution in [1.82, 2.24) is 0 Å². The van der Waals surface area contributed by atoms with Gasteiger partial charge in [-0.3, -0.25) is 4.79 Å². The molecular weight excluding hydrogens is 168 g/mol. The molecule has 1 aromatic carbocycles. The van der Waals surface area contributed by atoms with Gasteiger partial charge < -0.3 is 9.47 Å². The molecule has 0 spiro atoms. The first-order chi connectivity index (χ1) is 6.15. The summed E-state index contributed by atoms with van der Waals surface area (Å²) in [5, 5.41) is 0. The zero-order valence-corrected chi connectivity index (χ0v) is 7.96. The maximum atomic E-state index is 10.8. The van der Waals surface area contributed by atoms with E-state index in [0.29, 0.717) is 11.5 Å². The molecule has 0 aliphatic heterocycles. The van der Waals surface area contributed by atoms with Gasteiger partial charge in [0.1, 0.15) is 0 Å². The van der Waals surface area contributed by atoms with Crippen LogP contribution in [0.1, 0.15) is 12.5 Å². The molecule has 0 unspecified atom stereocenters. The van der Waals surface area contributed by atoms with Gasteiger partial charge in [-0.25, -0.2) is 0 Å². The Kier molecular flexibility index (Phi) is 2.90. The number of rotatable bonds is 2. The lowest BCUT2D eigenvalue weighted by molar-refractivity contribution is -0.132. The first-order valence-corrected chi connectivity index (χ1v) is 3.97. The zero-order valence-electron chi connectivity index (χ0n) is 7.96. The van der Waals surface area contributed by atoms with Crippen molar-refractivity contribution in [2.24, 2.45) is 0 Å². The Balaban J connectivity index is 3.07. The molecule has 70 valence electrons. The maximum Gasteiger partial charge on any atom is 0.308 e. The third-order valence-corrected chi connectivity index (χ3v) is 1.64. The molecule has 0 atom stereocenters. The number of carbonyl (C=O) groups excluding carboxylic acids is 1. The van der Waals surface area contributed by atoms with Crippen LogP contribution < -0.4 is 9.47 Å². The zero-order chi connectivity index (χ0) is 9.84. The van der Waals surface area contributed by atoms with Crippen molar-refractivity contribution in [3.05, 3.63) is 23.8 Å². The summed E-state index contributed by atoms with van der Waals surface area (Å²) in [5.74, 6) is 0.736. The van der Waals surface area contributed by atoms with Gasteiger partial charge in [0.25, 0.3) is 0 Å². The van der Waals surface area contributed by atoms with Gasteiger partial charge in [-0.15, -0.1) is 0 Å². The fraction of sp³-hybridized carbons (Fsp3) is 0.300. The molecule has 0 aliphatic carbocycles. The molecular formula is C10H12O3. The number of aryl methyl sites for hydroxylation is 1. The number of methoxy groups -OCH3 is 1. The van der Waals surface area contributed by atoms with Crippen molar-refractivity contribution in [2.45, 2.75) is 13.8 Å². The number of para-hydroxylation sites is 1. The summed E-state index contributed by atoms with van der Waals surface area (Å²) in [6, 6.07) is 5.47. The topological polar surface area (TPSA) is 35.5 Å². The van der Waals surface area contributed by atoms with E-state index < -0.39 is 0 Å². The molecule has 0 aliphatic rings. The van der Waals surface area contributed by atoms with Crippen molar-refractivity contribution in [3.8, 4) is 11.5 Å². The lowest BCUT2D eigenvalue weighted by Gasteiger charge is -2.09. The van der Waals surface area contributed by atoms with Crippen LogP contribution in [0.25, 0.3) is 0 Å². The Morgan fingerprint density at radius 3 is 2.62 bits per heavy atom. The summed E-state index contributed by atoms with van der Waals surface area (Å²) in [6.45, 7) is 3.23. The first kappa shape index (κ1) is 9.58. The highest BCUT2D eigenvalue weighted by Crippen LogP contribution is 2.30. The van der Waals surface area contributed by atoms with E-state index in [-0.39, 0.29) is 5.97 Å². The molecule has 0 saturated carbocycles. The van der Waals surface area contributed by atoms with Crippen LogP contribution in [0.3, 0.4) is 0 Å². The molecule has 3 nitrogen and oxygen atoms in total. The summed E-state index contributed by atoms with van der Waals surface area (Å²) in [5.41, 5.74) is 0.884. The van der Waals surface area contributed by atoms with Crippen molar-refractivity contribution in [1.29, 1.82) is 0 Å². The fourth-order valence-electron chi connectivity index (χ4n) is 1.06. The second-order valence-corrected chi connectivity index (χ2v) is 2.70. The molecule has 1 rings (SSSR count). The van der Waals surface area contributed by atoms with Crippen LogP contribution in [0.5, 0.6) is 11.5 Å². The van der Waals surface area contributed by atoms with Gasteiger partial charge in [-0.1, -0.05) is 12.1 Å². The molecule has 0 saturated heterocycles. The Morgan fingerprint density at radius 1 is 1.38 bits per heavy atom. The average molecular weight is 180 g/mol. The molecule has 1 aromatic rings. The summed E-state index contributed by atoms with van der Waals surface area (Å²) in [7, 11) is 1.54. The second-order valence-electron chi connectivity index (χ2n) is 2.70. The minimum Gasteiger partial charge on any atom is -0.493 e. The predicted octanol–water partition coefficient (Wildman–Crippen LogP) is 1.93. The minimum atomic E-state index is -0.340. The van der Waals surface area contributed by atoms with Crippen molar-refractivity contribution in [3.63, 3.8) is 0 Å². The Hall–Kier alpha value is -1.51. The SMILES string of the molecule is COc1cccc(C)c1OC(C)=O. The molecule has 0 amide bonds. The van der Waals surface area contributed by atoms with E-state index >= 15 is 0 Å². The van der Waals surface area contributed by atoms with E-state index in [1.165, 1.54) is 6.92 Å². The lowest BCUT2D eigenvalue weighted by atomic mass is 10.2. The normalized spacial score (nSPS) is 9.46. The third-order valence-electron chi connectivity index (χ3n) is 1.64. The van der Waals surface area contributed by atoms with Gasteiger partial charge in [-0.2, -0.15) is 0 Å². The van der Waals surface area contributed by atoms with Gasteiger partial charge in [0.15, 0.2) is 11.5 Å². The average Bonchev–Trinajstić information content (AvgIpc) is 2.08. The van der Waals surface area contributed by atoms with Crippen LogP contribution in [-0.4, -0.2) is 13.1 Å². The predicted molar refractivity (Wildman–Crippen MR) is 49.0 cm³/mol. The number of carbonyl (C=O) groups is 1. The van der Waals surface area contributed by atoms with Crippen LogP contribution in [-0.2, 0) is 4.79 Å². The number of esters is 1. The maximum absolute atomic E-state index is 10.8. The van der Waals surface area contributed by atoms with Crippen molar-refractivity contribution >= 4 is 5.97 Å². The summed E-state index contributed by atoms with van der Waals surface area (Å²) < 4.78 is 10.1. The van der Waals surface area contributed by atoms with Crippen LogP contribution in [0, 0.1) is 6.92 Å². The summed E-state index contributed by atoms with van der Waals surface area (Å²) in [6.07, 6.45) is 0. The first-order valence-electron chi connectivity index (χ1n) is 3.97. The Bertz CT molecular complexity index is 318. The Morgan fingerprint density at radius 2 is 2.08 bits per heavy atom. The molecule has 13 heavy (non-hydrogen) atoms. The van der Waals surface area contributed by atoms with E-state index in [9.17, 15) is 4.79 Å². The molecule has 0 heterocycles. The third kappa shape index (κ3) is 2.21. The number of ether oxygens (including phenoxy) is 2. The molecule has 0 aromatic heterocycles. The van der Waals surface area contributed by atoms with Gasteiger partial charge in [0, 0.05) is 6.92 Å². The molecule has 0 bridgehead atoms. The fourth-order valence-corrected chi connectivity index (χ4v) is 1.06. The standard InChI is InChI=1S/C10H12O3/c1-7-5-4-6-9(12-3)10(7)13-8(2)11/h4-6H,1-3H3. The van der Waals surface area contributed by atoms with Crippen molar-refractivity contribution in [2.75, 3.05) is 7.11 Å². The summed E-state index contributed by atoms with van der Waals surface area (Å²) >= 11 is 0. The highest BCUT2D eigenvalue weighted by molar-refractivity contribution is 5.71. The van der Waals surface area contributed by atoms with E-state index in [1.807, 2.05) is 19.1 Å². The number of benzene rings is 1. The number of hydrogen-bond acceptors (Lipinski definition) is 3. The summed E-state index contributed by atoms with van der Waals surface area (Å²) in [4.78, 5) is 10.8. The highest BCUT2D eigenvalue weighted by Gasteiger charge is 2.08. The van der Waals surface area contributed by atoms with Gasteiger partial charge in [-0.05, 0) is 18.6 Å². The lowest BCUT2D eigenvalue weighted by Crippen LogP contribution is -2.04. The van der Waals surface area contributed by atoms with Crippen LogP contribution in [0.2, 0.25) is 0 Å². The van der Waals surface area contributed by atoms with Crippen molar-refractivity contribution < 1.29 is 14.3 Å². The largest absolute Gasteiger partial charge is 0.493 e. The molecule has 0 fully saturated rings. The molecule has 0 radical (unpaired) electrons. The quantitative estimate of drug-likeness (QED) is 0.515. The van der Waals surface area contributed by atoms with E-state index in [0.717, 1.165) is 5.56 Å². The van der Waals surface area contributed by atoms with Gasteiger partial charge >= 0.3 is 5.97 Å². The Labute approximate surface area is 77.3 Å². The van der Waals surface area contributed by atoms with Crippen LogP contribution in [0.15, 0.2) is 18.2 Å². The smallest absolute Gasteiger partial charge is 0.308 e. The van der Waals surface area contributed by atoms with E-state index in [1.54, 1.807) is 13.2 Å². The van der Waals surface area contributed by atoms with Crippen LogP contribution in [0.4, 0.5) is 0 Å². The van der Waals surface area contributed by atoms with Gasteiger partial charge in [0.2, 0.25) is 0 Å². The van der Waals surface area contributed by atoms with E-state index in [2.05, 4.69) is 0 Å². The molecule has 3 heteroatoms. The number of hydrogen-bond donors (Lipinski definition) is 0. The second kappa shape index (κ2) is 3.94. The highest BCUT2D eigenvalue weighted by atomic mass is 16.6. The van der Waals surface area contributed by atoms with Crippen LogP contribution >= 0.6 is 0 Å². The molecule has 0 N–H and O–H groups in total. The monoisotopic (exact) mass is 180 g/mol. The van der Waals surface area contributed by atoms with E-state index in [4.69, 9.17) is 9.47 Å². The van der Waals surface area contributed by atoms with Gasteiger partial charge in [0.05, 0.1) is 7.11 Å².